The van der Waals surface area contributed by atoms with E-state index in [4.69, 9.17) is 10.5 Å². The molecule has 1 heterocycles. The van der Waals surface area contributed by atoms with E-state index in [-0.39, 0.29) is 6.61 Å². The minimum absolute atomic E-state index is 0.0421. The Hall–Kier alpha value is -1.95. The van der Waals surface area contributed by atoms with Crippen LogP contribution in [0.25, 0.3) is 0 Å². The molecule has 0 saturated carbocycles. The maximum atomic E-state index is 12.9. The zero-order chi connectivity index (χ0) is 13.8. The number of aromatic nitrogens is 1. The van der Waals surface area contributed by atoms with Crippen LogP contribution in [0.5, 0.6) is 0 Å². The first-order valence-electron chi connectivity index (χ1n) is 5.38. The van der Waals surface area contributed by atoms with Gasteiger partial charge in [0.25, 0.3) is 0 Å². The van der Waals surface area contributed by atoms with Crippen LogP contribution in [0.15, 0.2) is 41.1 Å². The number of esters is 1. The van der Waals surface area contributed by atoms with Gasteiger partial charge < -0.3 is 10.5 Å². The number of rotatable bonds is 3. The molecule has 19 heavy (non-hydrogen) atoms. The summed E-state index contributed by atoms with van der Waals surface area (Å²) in [6.07, 6.45) is 2.52. The molecule has 1 aromatic heterocycles. The largest absolute Gasteiger partial charge is 0.457 e. The molecular formula is C13H10BrFN2O2. The number of hydrogen-bond acceptors (Lipinski definition) is 4. The second-order valence-electron chi connectivity index (χ2n) is 3.82. The van der Waals surface area contributed by atoms with Gasteiger partial charge in [-0.25, -0.2) is 9.18 Å². The van der Waals surface area contributed by atoms with Gasteiger partial charge in [-0.05, 0) is 40.2 Å². The SMILES string of the molecule is Nc1cc(C(=O)OCc2cncc(F)c2)ccc1Br. The minimum Gasteiger partial charge on any atom is -0.457 e. The van der Waals surface area contributed by atoms with Crippen LogP contribution >= 0.6 is 15.9 Å². The standard InChI is InChI=1S/C13H10BrFN2O2/c14-11-2-1-9(4-12(11)16)13(18)19-7-8-3-10(15)6-17-5-8/h1-6H,7,16H2. The van der Waals surface area contributed by atoms with Gasteiger partial charge in [-0.15, -0.1) is 0 Å². The molecule has 0 aliphatic carbocycles. The predicted octanol–water partition coefficient (Wildman–Crippen LogP) is 2.92. The summed E-state index contributed by atoms with van der Waals surface area (Å²) in [6.45, 7) is -0.0421. The van der Waals surface area contributed by atoms with Crippen molar-refractivity contribution in [2.75, 3.05) is 5.73 Å². The van der Waals surface area contributed by atoms with Crippen molar-refractivity contribution < 1.29 is 13.9 Å². The van der Waals surface area contributed by atoms with E-state index < -0.39 is 11.8 Å². The number of pyridine rings is 1. The Kier molecular flexibility index (Phi) is 4.11. The number of carbonyl (C=O) groups excluding carboxylic acids is 1. The van der Waals surface area contributed by atoms with Crippen LogP contribution in [0, 0.1) is 5.82 Å². The summed E-state index contributed by atoms with van der Waals surface area (Å²) in [6, 6.07) is 6.02. The number of anilines is 1. The zero-order valence-electron chi connectivity index (χ0n) is 9.77. The third kappa shape index (κ3) is 3.51. The number of hydrogen-bond donors (Lipinski definition) is 1. The van der Waals surface area contributed by atoms with E-state index in [1.54, 1.807) is 12.1 Å². The van der Waals surface area contributed by atoms with E-state index in [0.29, 0.717) is 21.3 Å². The van der Waals surface area contributed by atoms with Crippen LogP contribution in [0.1, 0.15) is 15.9 Å². The van der Waals surface area contributed by atoms with Crippen molar-refractivity contribution in [3.05, 3.63) is 58.1 Å². The maximum absolute atomic E-state index is 12.9. The topological polar surface area (TPSA) is 65.2 Å². The Morgan fingerprint density at radius 1 is 1.37 bits per heavy atom. The van der Waals surface area contributed by atoms with Crippen LogP contribution in [0.4, 0.5) is 10.1 Å². The van der Waals surface area contributed by atoms with E-state index in [2.05, 4.69) is 20.9 Å². The number of carbonyl (C=O) groups is 1. The Labute approximate surface area is 117 Å². The fourth-order valence-corrected chi connectivity index (χ4v) is 1.68. The molecule has 6 heteroatoms. The Bertz CT molecular complexity index is 619. The highest BCUT2D eigenvalue weighted by molar-refractivity contribution is 9.10. The number of benzene rings is 1. The Morgan fingerprint density at radius 3 is 2.84 bits per heavy atom. The summed E-state index contributed by atoms with van der Waals surface area (Å²) in [5, 5.41) is 0. The molecule has 98 valence electrons. The van der Waals surface area contributed by atoms with Gasteiger partial charge in [0.15, 0.2) is 0 Å². The normalized spacial score (nSPS) is 10.2. The van der Waals surface area contributed by atoms with Crippen LogP contribution in [-0.4, -0.2) is 11.0 Å². The van der Waals surface area contributed by atoms with Gasteiger partial charge in [0.05, 0.1) is 11.8 Å². The molecule has 0 spiro atoms. The second-order valence-corrected chi connectivity index (χ2v) is 4.68. The van der Waals surface area contributed by atoms with Crippen molar-refractivity contribution in [2.24, 2.45) is 0 Å². The number of ether oxygens (including phenoxy) is 1. The maximum Gasteiger partial charge on any atom is 0.338 e. The van der Waals surface area contributed by atoms with E-state index in [9.17, 15) is 9.18 Å². The predicted molar refractivity (Wildman–Crippen MR) is 71.9 cm³/mol. The lowest BCUT2D eigenvalue weighted by molar-refractivity contribution is 0.0472. The fraction of sp³-hybridized carbons (Fsp3) is 0.0769. The molecule has 2 aromatic rings. The van der Waals surface area contributed by atoms with Gasteiger partial charge in [0.1, 0.15) is 12.4 Å². The molecule has 0 unspecified atom stereocenters. The number of nitrogens with two attached hydrogens (primary N) is 1. The van der Waals surface area contributed by atoms with Crippen molar-refractivity contribution in [3.8, 4) is 0 Å². The van der Waals surface area contributed by atoms with Crippen molar-refractivity contribution in [1.29, 1.82) is 0 Å². The monoisotopic (exact) mass is 324 g/mol. The van der Waals surface area contributed by atoms with E-state index in [1.807, 2.05) is 0 Å². The molecule has 2 N–H and O–H groups in total. The third-order valence-electron chi connectivity index (χ3n) is 2.36. The smallest absolute Gasteiger partial charge is 0.338 e. The summed E-state index contributed by atoms with van der Waals surface area (Å²) < 4.78 is 18.6. The first-order chi connectivity index (χ1) is 9.06. The molecule has 0 amide bonds. The highest BCUT2D eigenvalue weighted by Crippen LogP contribution is 2.20. The lowest BCUT2D eigenvalue weighted by atomic mass is 10.2. The molecule has 0 aliphatic heterocycles. The molecule has 1 aromatic carbocycles. The van der Waals surface area contributed by atoms with Crippen molar-refractivity contribution >= 4 is 27.6 Å². The van der Waals surface area contributed by atoms with Crippen molar-refractivity contribution in [2.45, 2.75) is 6.61 Å². The molecule has 0 fully saturated rings. The average Bonchev–Trinajstić information content (AvgIpc) is 2.39. The molecule has 4 nitrogen and oxygen atoms in total. The summed E-state index contributed by atoms with van der Waals surface area (Å²) >= 11 is 3.24. The minimum atomic E-state index is -0.525. The number of halogens is 2. The summed E-state index contributed by atoms with van der Waals surface area (Å²) in [5.74, 6) is -0.995. The number of nitrogens with zero attached hydrogens (tertiary/aromatic N) is 1. The third-order valence-corrected chi connectivity index (χ3v) is 3.09. The Morgan fingerprint density at radius 2 is 2.16 bits per heavy atom. The molecular weight excluding hydrogens is 315 g/mol. The van der Waals surface area contributed by atoms with Gasteiger partial charge >= 0.3 is 5.97 Å². The summed E-state index contributed by atoms with van der Waals surface area (Å²) in [5.41, 5.74) is 6.94. The van der Waals surface area contributed by atoms with Gasteiger partial charge in [-0.2, -0.15) is 0 Å². The molecule has 0 aliphatic rings. The van der Waals surface area contributed by atoms with Gasteiger partial charge in [0, 0.05) is 21.9 Å². The van der Waals surface area contributed by atoms with Gasteiger partial charge in [-0.3, -0.25) is 4.98 Å². The first-order valence-corrected chi connectivity index (χ1v) is 6.17. The quantitative estimate of drug-likeness (QED) is 0.696. The number of nitrogen functional groups attached to an aromatic ring is 1. The first kappa shape index (κ1) is 13.5. The van der Waals surface area contributed by atoms with Crippen LogP contribution in [0.3, 0.4) is 0 Å². The van der Waals surface area contributed by atoms with Crippen molar-refractivity contribution in [3.63, 3.8) is 0 Å². The zero-order valence-corrected chi connectivity index (χ0v) is 11.4. The fourth-order valence-electron chi connectivity index (χ4n) is 1.44. The molecule has 2 rings (SSSR count). The highest BCUT2D eigenvalue weighted by Gasteiger charge is 2.09. The second kappa shape index (κ2) is 5.79. The average molecular weight is 325 g/mol. The molecule has 0 radical (unpaired) electrons. The lowest BCUT2D eigenvalue weighted by Gasteiger charge is -2.06. The van der Waals surface area contributed by atoms with E-state index in [1.165, 1.54) is 18.3 Å². The van der Waals surface area contributed by atoms with Crippen LogP contribution in [0.2, 0.25) is 0 Å². The van der Waals surface area contributed by atoms with E-state index in [0.717, 1.165) is 6.20 Å². The molecule has 0 atom stereocenters. The van der Waals surface area contributed by atoms with Crippen LogP contribution < -0.4 is 5.73 Å². The van der Waals surface area contributed by atoms with Gasteiger partial charge in [-0.1, -0.05) is 0 Å². The van der Waals surface area contributed by atoms with Gasteiger partial charge in [0.2, 0.25) is 0 Å². The lowest BCUT2D eigenvalue weighted by Crippen LogP contribution is -2.06. The molecule has 0 bridgehead atoms. The summed E-state index contributed by atoms with van der Waals surface area (Å²) in [7, 11) is 0. The Balaban J connectivity index is 2.03. The van der Waals surface area contributed by atoms with Crippen molar-refractivity contribution in [1.82, 2.24) is 4.98 Å². The molecule has 0 saturated heterocycles. The highest BCUT2D eigenvalue weighted by atomic mass is 79.9. The van der Waals surface area contributed by atoms with Crippen LogP contribution in [-0.2, 0) is 11.3 Å². The summed E-state index contributed by atoms with van der Waals surface area (Å²) in [4.78, 5) is 15.4. The van der Waals surface area contributed by atoms with E-state index >= 15 is 0 Å².